The van der Waals surface area contributed by atoms with Crippen molar-refractivity contribution in [1.82, 2.24) is 9.96 Å². The van der Waals surface area contributed by atoms with Gasteiger partial charge < -0.3 is 9.47 Å². The second-order valence-electron chi connectivity index (χ2n) is 8.99. The van der Waals surface area contributed by atoms with E-state index in [1.807, 2.05) is 23.5 Å². The summed E-state index contributed by atoms with van der Waals surface area (Å²) in [5.41, 5.74) is -0.622. The molecule has 5 nitrogen and oxygen atoms in total. The highest BCUT2D eigenvalue weighted by atomic mass is 32.2. The molecule has 1 fully saturated rings. The van der Waals surface area contributed by atoms with Crippen molar-refractivity contribution in [2.24, 2.45) is 0 Å². The SMILES string of the molecule is CC1(C)CC(N2CC3=C(C2)SC(=C2SC4=C(OCCO4)S2)S3)CC(C)(C)N1[O]. The molecule has 0 aromatic carbocycles. The molecule has 9 heteroatoms. The molecule has 0 aromatic rings. The van der Waals surface area contributed by atoms with Gasteiger partial charge in [-0.05, 0) is 64.1 Å². The molecule has 28 heavy (non-hydrogen) atoms. The Bertz CT molecular complexity index is 747. The molecule has 0 atom stereocenters. The fourth-order valence-electron chi connectivity index (χ4n) is 4.64. The van der Waals surface area contributed by atoms with E-state index < -0.39 is 0 Å². The summed E-state index contributed by atoms with van der Waals surface area (Å²) in [5, 5.41) is 15.9. The Morgan fingerprint density at radius 3 is 1.79 bits per heavy atom. The minimum atomic E-state index is -0.311. The van der Waals surface area contributed by atoms with E-state index in [2.05, 4.69) is 32.6 Å². The molecule has 153 valence electrons. The van der Waals surface area contributed by atoms with Crippen LogP contribution in [-0.4, -0.2) is 53.4 Å². The van der Waals surface area contributed by atoms with Crippen molar-refractivity contribution in [2.75, 3.05) is 26.3 Å². The number of ether oxygens (including phenoxy) is 2. The number of hydrogen-bond acceptors (Lipinski definition) is 8. The first-order valence-electron chi connectivity index (χ1n) is 9.62. The maximum absolute atomic E-state index is 12.7. The van der Waals surface area contributed by atoms with E-state index in [0.717, 1.165) is 36.1 Å². The Morgan fingerprint density at radius 2 is 1.29 bits per heavy atom. The fourth-order valence-corrected chi connectivity index (χ4v) is 10.0. The van der Waals surface area contributed by atoms with Crippen LogP contribution in [-0.2, 0) is 14.7 Å². The highest BCUT2D eigenvalue weighted by Crippen LogP contribution is 2.62. The van der Waals surface area contributed by atoms with Crippen LogP contribution in [0.1, 0.15) is 40.5 Å². The quantitative estimate of drug-likeness (QED) is 0.536. The van der Waals surface area contributed by atoms with Crippen LogP contribution in [0.15, 0.2) is 28.5 Å². The molecule has 5 aliphatic heterocycles. The first-order chi connectivity index (χ1) is 13.2. The third-order valence-electron chi connectivity index (χ3n) is 5.78. The van der Waals surface area contributed by atoms with Crippen LogP contribution in [0.2, 0.25) is 0 Å². The van der Waals surface area contributed by atoms with Gasteiger partial charge in [-0.2, -0.15) is 0 Å². The van der Waals surface area contributed by atoms with Crippen LogP contribution in [0, 0.1) is 0 Å². The second kappa shape index (κ2) is 7.07. The molecule has 0 aliphatic carbocycles. The predicted octanol–water partition coefficient (Wildman–Crippen LogP) is 5.14. The van der Waals surface area contributed by atoms with Gasteiger partial charge in [0.1, 0.15) is 13.2 Å². The lowest BCUT2D eigenvalue weighted by Gasteiger charge is -2.52. The van der Waals surface area contributed by atoms with Crippen LogP contribution in [0.5, 0.6) is 0 Å². The average molecular weight is 458 g/mol. The summed E-state index contributed by atoms with van der Waals surface area (Å²) in [6, 6.07) is 0.462. The van der Waals surface area contributed by atoms with E-state index in [1.165, 1.54) is 23.3 Å². The lowest BCUT2D eigenvalue weighted by atomic mass is 9.78. The maximum atomic E-state index is 12.7. The van der Waals surface area contributed by atoms with Crippen LogP contribution in [0.25, 0.3) is 0 Å². The topological polar surface area (TPSA) is 44.8 Å². The van der Waals surface area contributed by atoms with Crippen LogP contribution >= 0.6 is 47.0 Å². The molecule has 0 amide bonds. The molecule has 5 heterocycles. The zero-order valence-electron chi connectivity index (χ0n) is 16.6. The first kappa shape index (κ1) is 20.0. The Hall–Kier alpha value is 0.1000. The molecule has 1 saturated heterocycles. The van der Waals surface area contributed by atoms with Crippen molar-refractivity contribution in [1.29, 1.82) is 0 Å². The summed E-state index contributed by atoms with van der Waals surface area (Å²) in [7, 11) is 0. The average Bonchev–Trinajstić information content (AvgIpc) is 3.30. The number of nitrogens with zero attached hydrogens (tertiary/aromatic N) is 2. The van der Waals surface area contributed by atoms with Gasteiger partial charge in [0.2, 0.25) is 10.2 Å². The van der Waals surface area contributed by atoms with E-state index >= 15 is 0 Å². The van der Waals surface area contributed by atoms with Gasteiger partial charge in [0.05, 0.1) is 8.47 Å². The number of rotatable bonds is 1. The minimum Gasteiger partial charge on any atom is -0.480 e. The smallest absolute Gasteiger partial charge is 0.208 e. The molecule has 0 unspecified atom stereocenters. The summed E-state index contributed by atoms with van der Waals surface area (Å²) in [6.07, 6.45) is 1.86. The lowest BCUT2D eigenvalue weighted by Crippen LogP contribution is -2.62. The van der Waals surface area contributed by atoms with Crippen molar-refractivity contribution in [3.63, 3.8) is 0 Å². The highest BCUT2D eigenvalue weighted by Gasteiger charge is 2.49. The van der Waals surface area contributed by atoms with E-state index in [1.54, 1.807) is 23.5 Å². The zero-order valence-corrected chi connectivity index (χ0v) is 19.8. The number of piperidine rings is 1. The van der Waals surface area contributed by atoms with Gasteiger partial charge in [-0.15, -0.1) is 10.3 Å². The third-order valence-corrected chi connectivity index (χ3v) is 11.3. The highest BCUT2D eigenvalue weighted by molar-refractivity contribution is 8.34. The molecule has 0 N–H and O–H groups in total. The van der Waals surface area contributed by atoms with E-state index in [-0.39, 0.29) is 11.1 Å². The number of hydroxylamine groups is 2. The van der Waals surface area contributed by atoms with Crippen molar-refractivity contribution in [2.45, 2.75) is 57.7 Å². The van der Waals surface area contributed by atoms with Crippen LogP contribution < -0.4 is 0 Å². The van der Waals surface area contributed by atoms with Gasteiger partial charge in [-0.25, -0.2) is 0 Å². The predicted molar refractivity (Wildman–Crippen MR) is 119 cm³/mol. The lowest BCUT2D eigenvalue weighted by molar-refractivity contribution is -0.294. The Labute approximate surface area is 183 Å². The van der Waals surface area contributed by atoms with E-state index in [4.69, 9.17) is 9.47 Å². The number of thioether (sulfide) groups is 4. The van der Waals surface area contributed by atoms with Crippen molar-refractivity contribution >= 4 is 47.0 Å². The molecule has 0 spiro atoms. The normalized spacial score (nSPS) is 30.6. The Balaban J connectivity index is 1.24. The van der Waals surface area contributed by atoms with Crippen molar-refractivity contribution < 1.29 is 14.7 Å². The van der Waals surface area contributed by atoms with Crippen molar-refractivity contribution in [3.05, 3.63) is 28.5 Å². The third kappa shape index (κ3) is 3.44. The summed E-state index contributed by atoms with van der Waals surface area (Å²) in [4.78, 5) is 5.56. The van der Waals surface area contributed by atoms with Gasteiger partial charge in [-0.3, -0.25) is 4.90 Å². The Kier molecular flexibility index (Phi) is 5.06. The van der Waals surface area contributed by atoms with Gasteiger partial charge in [0, 0.05) is 40.0 Å². The van der Waals surface area contributed by atoms with E-state index in [0.29, 0.717) is 19.3 Å². The van der Waals surface area contributed by atoms with Crippen molar-refractivity contribution in [3.8, 4) is 0 Å². The summed E-state index contributed by atoms with van der Waals surface area (Å²) >= 11 is 7.27. The first-order valence-corrected chi connectivity index (χ1v) is 12.9. The zero-order chi connectivity index (χ0) is 19.7. The summed E-state index contributed by atoms with van der Waals surface area (Å²) < 4.78 is 14.1. The van der Waals surface area contributed by atoms with Gasteiger partial charge >= 0.3 is 0 Å². The summed E-state index contributed by atoms with van der Waals surface area (Å²) in [5.74, 6) is 0. The molecular weight excluding hydrogens is 432 g/mol. The molecule has 5 rings (SSSR count). The largest absolute Gasteiger partial charge is 0.480 e. The standard InChI is InChI=1S/C19H25N2O3S4/c1-18(2)7-11(8-19(3,4)21(18)22)20-9-12-13(10-20)26-16(25-12)17-27-14-15(28-17)24-6-5-23-14/h11H,5-10H2,1-4H3. The molecular formula is C19H25N2O3S4. The van der Waals surface area contributed by atoms with E-state index in [9.17, 15) is 5.21 Å². The Morgan fingerprint density at radius 1 is 0.821 bits per heavy atom. The molecule has 0 saturated carbocycles. The maximum Gasteiger partial charge on any atom is 0.208 e. The summed E-state index contributed by atoms with van der Waals surface area (Å²) in [6.45, 7) is 11.7. The second-order valence-corrected chi connectivity index (χ2v) is 13.7. The van der Waals surface area contributed by atoms with Crippen LogP contribution in [0.3, 0.4) is 0 Å². The van der Waals surface area contributed by atoms with Gasteiger partial charge in [-0.1, -0.05) is 23.5 Å². The molecule has 5 aliphatic rings. The van der Waals surface area contributed by atoms with Gasteiger partial charge in [0.25, 0.3) is 0 Å². The fraction of sp³-hybridized carbons (Fsp3) is 0.684. The monoisotopic (exact) mass is 457 g/mol. The molecule has 0 aromatic heterocycles. The minimum absolute atomic E-state index is 0.311. The van der Waals surface area contributed by atoms with Gasteiger partial charge in [0.15, 0.2) is 0 Å². The molecule has 1 radical (unpaired) electrons. The van der Waals surface area contributed by atoms with Crippen LogP contribution in [0.4, 0.5) is 0 Å². The number of hydrogen-bond donors (Lipinski definition) is 0. The molecule has 0 bridgehead atoms.